The predicted octanol–water partition coefficient (Wildman–Crippen LogP) is 2.04. The number of hydrogen-bond acceptors (Lipinski definition) is 5. The van der Waals surface area contributed by atoms with Gasteiger partial charge in [0.25, 0.3) is 0 Å². The Kier molecular flexibility index (Phi) is 10.4. The molecule has 168 valence electrons. The molecule has 0 spiro atoms. The largest absolute Gasteiger partial charge is 0.444 e. The Labute approximate surface area is 176 Å². The summed E-state index contributed by atoms with van der Waals surface area (Å²) in [6.45, 7) is 14.8. The molecular weight excluding hydrogens is 372 g/mol. The normalized spacial score (nSPS) is 15.2. The summed E-state index contributed by atoms with van der Waals surface area (Å²) >= 11 is 0. The summed E-state index contributed by atoms with van der Waals surface area (Å²) in [4.78, 5) is 43.5. The Hall–Kier alpha value is -1.83. The molecule has 1 saturated heterocycles. The molecule has 0 bridgehead atoms. The van der Waals surface area contributed by atoms with Crippen molar-refractivity contribution < 1.29 is 19.1 Å². The van der Waals surface area contributed by atoms with Crippen molar-refractivity contribution in [3.8, 4) is 0 Å². The number of carbonyl (C=O) groups excluding carboxylic acids is 3. The average Bonchev–Trinajstić information content (AvgIpc) is 2.63. The van der Waals surface area contributed by atoms with Crippen LogP contribution in [0.2, 0.25) is 0 Å². The first-order chi connectivity index (χ1) is 13.5. The second-order valence-corrected chi connectivity index (χ2v) is 8.73. The highest BCUT2D eigenvalue weighted by atomic mass is 16.6. The summed E-state index contributed by atoms with van der Waals surface area (Å²) in [6, 6.07) is 0. The predicted molar refractivity (Wildman–Crippen MR) is 114 cm³/mol. The van der Waals surface area contributed by atoms with E-state index in [-0.39, 0.29) is 17.9 Å². The van der Waals surface area contributed by atoms with E-state index in [4.69, 9.17) is 4.74 Å². The molecule has 0 aromatic heterocycles. The van der Waals surface area contributed by atoms with Crippen LogP contribution in [0.4, 0.5) is 4.79 Å². The number of piperazine rings is 1. The number of carbonyl (C=O) groups is 3. The number of rotatable bonds is 9. The van der Waals surface area contributed by atoms with Gasteiger partial charge in [0.05, 0.1) is 0 Å². The molecule has 0 N–H and O–H groups in total. The van der Waals surface area contributed by atoms with Crippen molar-refractivity contribution in [1.82, 2.24) is 19.6 Å². The highest BCUT2D eigenvalue weighted by Gasteiger charge is 2.25. The van der Waals surface area contributed by atoms with Crippen LogP contribution < -0.4 is 0 Å². The summed E-state index contributed by atoms with van der Waals surface area (Å²) < 4.78 is 5.43. The van der Waals surface area contributed by atoms with Gasteiger partial charge < -0.3 is 19.4 Å². The Morgan fingerprint density at radius 2 is 1.62 bits per heavy atom. The van der Waals surface area contributed by atoms with E-state index in [1.807, 2.05) is 32.6 Å². The van der Waals surface area contributed by atoms with Crippen molar-refractivity contribution in [2.45, 2.75) is 59.5 Å². The van der Waals surface area contributed by atoms with Gasteiger partial charge in [0.1, 0.15) is 5.60 Å². The van der Waals surface area contributed by atoms with Crippen molar-refractivity contribution >= 4 is 17.9 Å². The van der Waals surface area contributed by atoms with Crippen LogP contribution in [-0.2, 0) is 14.3 Å². The first-order valence-corrected chi connectivity index (χ1v) is 10.7. The molecule has 1 aliphatic heterocycles. The molecule has 1 rings (SSSR count). The quantitative estimate of drug-likeness (QED) is 0.579. The zero-order valence-electron chi connectivity index (χ0n) is 19.2. The summed E-state index contributed by atoms with van der Waals surface area (Å²) in [5, 5.41) is 0. The van der Waals surface area contributed by atoms with Crippen molar-refractivity contribution in [3.63, 3.8) is 0 Å². The lowest BCUT2D eigenvalue weighted by atomic mass is 10.2. The fourth-order valence-corrected chi connectivity index (χ4v) is 3.13. The van der Waals surface area contributed by atoms with Gasteiger partial charge in [-0.25, -0.2) is 4.79 Å². The first kappa shape index (κ1) is 25.2. The van der Waals surface area contributed by atoms with Gasteiger partial charge in [-0.3, -0.25) is 14.5 Å². The van der Waals surface area contributed by atoms with Crippen molar-refractivity contribution in [1.29, 1.82) is 0 Å². The molecule has 8 nitrogen and oxygen atoms in total. The van der Waals surface area contributed by atoms with Gasteiger partial charge in [0, 0.05) is 66.2 Å². The lowest BCUT2D eigenvalue weighted by molar-refractivity contribution is -0.133. The van der Waals surface area contributed by atoms with Crippen molar-refractivity contribution in [3.05, 3.63) is 0 Å². The molecule has 0 radical (unpaired) electrons. The van der Waals surface area contributed by atoms with E-state index in [0.29, 0.717) is 39.1 Å². The molecule has 8 heteroatoms. The minimum Gasteiger partial charge on any atom is -0.444 e. The number of likely N-dealkylation sites (N-methyl/N-ethyl adjacent to an activating group) is 1. The van der Waals surface area contributed by atoms with Gasteiger partial charge in [0.2, 0.25) is 11.8 Å². The molecule has 1 aliphatic rings. The van der Waals surface area contributed by atoms with Crippen LogP contribution >= 0.6 is 0 Å². The molecule has 1 heterocycles. The number of ether oxygens (including phenoxy) is 1. The van der Waals surface area contributed by atoms with E-state index >= 15 is 0 Å². The Morgan fingerprint density at radius 3 is 2.14 bits per heavy atom. The SMILES string of the molecule is CCCC(=O)N(CCCN1CCN(C(=O)OC(C)(C)C)CC1)CCN(C)C(C)=O. The van der Waals surface area contributed by atoms with Crippen molar-refractivity contribution in [2.75, 3.05) is 59.4 Å². The standard InChI is InChI=1S/C21H40N4O4/c1-7-9-19(27)24(15-12-22(6)18(2)26)11-8-10-23-13-16-25(17-14-23)20(28)29-21(3,4)5/h7-17H2,1-6H3. The highest BCUT2D eigenvalue weighted by Crippen LogP contribution is 2.12. The maximum Gasteiger partial charge on any atom is 0.410 e. The van der Waals surface area contributed by atoms with Gasteiger partial charge in [-0.2, -0.15) is 0 Å². The second kappa shape index (κ2) is 12.0. The van der Waals surface area contributed by atoms with Crippen LogP contribution in [0.15, 0.2) is 0 Å². The third-order valence-electron chi connectivity index (χ3n) is 4.99. The van der Waals surface area contributed by atoms with Crippen LogP contribution in [0.3, 0.4) is 0 Å². The lowest BCUT2D eigenvalue weighted by Gasteiger charge is -2.36. The maximum absolute atomic E-state index is 12.4. The van der Waals surface area contributed by atoms with Crippen LogP contribution in [0, 0.1) is 0 Å². The van der Waals surface area contributed by atoms with E-state index in [1.54, 1.807) is 16.8 Å². The average molecular weight is 413 g/mol. The van der Waals surface area contributed by atoms with E-state index < -0.39 is 5.60 Å². The number of hydrogen-bond donors (Lipinski definition) is 0. The van der Waals surface area contributed by atoms with Gasteiger partial charge in [-0.15, -0.1) is 0 Å². The van der Waals surface area contributed by atoms with Gasteiger partial charge in [-0.1, -0.05) is 6.92 Å². The molecule has 1 fully saturated rings. The number of nitrogens with zero attached hydrogens (tertiary/aromatic N) is 4. The summed E-state index contributed by atoms with van der Waals surface area (Å²) in [5.74, 6) is 0.162. The highest BCUT2D eigenvalue weighted by molar-refractivity contribution is 5.76. The smallest absolute Gasteiger partial charge is 0.410 e. The topological polar surface area (TPSA) is 73.4 Å². The Bertz CT molecular complexity index is 539. The van der Waals surface area contributed by atoms with Gasteiger partial charge in [0.15, 0.2) is 0 Å². The maximum atomic E-state index is 12.4. The first-order valence-electron chi connectivity index (χ1n) is 10.7. The van der Waals surface area contributed by atoms with E-state index in [0.717, 1.165) is 32.5 Å². The molecule has 0 saturated carbocycles. The summed E-state index contributed by atoms with van der Waals surface area (Å²) in [7, 11) is 1.76. The molecule has 3 amide bonds. The van der Waals surface area contributed by atoms with E-state index in [1.165, 1.54) is 6.92 Å². The van der Waals surface area contributed by atoms with Crippen LogP contribution in [0.1, 0.15) is 53.9 Å². The van der Waals surface area contributed by atoms with E-state index in [2.05, 4.69) is 4.90 Å². The Balaban J connectivity index is 2.39. The lowest BCUT2D eigenvalue weighted by Crippen LogP contribution is -2.50. The minimum atomic E-state index is -0.473. The van der Waals surface area contributed by atoms with E-state index in [9.17, 15) is 14.4 Å². The van der Waals surface area contributed by atoms with Crippen LogP contribution in [0.5, 0.6) is 0 Å². The third-order valence-corrected chi connectivity index (χ3v) is 4.99. The minimum absolute atomic E-state index is 0.00995. The Morgan fingerprint density at radius 1 is 1.00 bits per heavy atom. The summed E-state index contributed by atoms with van der Waals surface area (Å²) in [5.41, 5.74) is -0.473. The third kappa shape index (κ3) is 9.96. The summed E-state index contributed by atoms with van der Waals surface area (Å²) in [6.07, 6.45) is 2.00. The molecule has 0 aromatic rings. The van der Waals surface area contributed by atoms with Crippen LogP contribution in [0.25, 0.3) is 0 Å². The fraction of sp³-hybridized carbons (Fsp3) is 0.857. The molecule has 0 aliphatic carbocycles. The zero-order chi connectivity index (χ0) is 22.0. The van der Waals surface area contributed by atoms with Crippen molar-refractivity contribution in [2.24, 2.45) is 0 Å². The molecule has 0 unspecified atom stereocenters. The second-order valence-electron chi connectivity index (χ2n) is 8.73. The molecule has 0 aromatic carbocycles. The number of amides is 3. The molecule has 0 atom stereocenters. The fourth-order valence-electron chi connectivity index (χ4n) is 3.13. The monoisotopic (exact) mass is 412 g/mol. The van der Waals surface area contributed by atoms with Gasteiger partial charge in [-0.05, 0) is 40.2 Å². The van der Waals surface area contributed by atoms with Gasteiger partial charge >= 0.3 is 6.09 Å². The molecule has 29 heavy (non-hydrogen) atoms. The molecular formula is C21H40N4O4. The van der Waals surface area contributed by atoms with Crippen LogP contribution in [-0.4, -0.2) is 103 Å². The zero-order valence-corrected chi connectivity index (χ0v) is 19.2.